The van der Waals surface area contributed by atoms with Crippen molar-refractivity contribution in [1.82, 2.24) is 4.98 Å². The lowest BCUT2D eigenvalue weighted by Crippen LogP contribution is -2.30. The van der Waals surface area contributed by atoms with E-state index < -0.39 is 35.3 Å². The van der Waals surface area contributed by atoms with Crippen molar-refractivity contribution in [2.24, 2.45) is 0 Å². The summed E-state index contributed by atoms with van der Waals surface area (Å²) < 4.78 is 18.1. The number of nitrogens with zero attached hydrogens (tertiary/aromatic N) is 2. The first-order valence-corrected chi connectivity index (χ1v) is 9.58. The second kappa shape index (κ2) is 8.43. The molecule has 1 saturated heterocycles. The molecule has 1 unspecified atom stereocenters. The van der Waals surface area contributed by atoms with Crippen LogP contribution in [0.25, 0.3) is 5.76 Å². The molecule has 4 rings (SSSR count). The summed E-state index contributed by atoms with van der Waals surface area (Å²) in [6, 6.07) is 14.9. The number of pyridine rings is 1. The molecule has 160 valence electrons. The van der Waals surface area contributed by atoms with Crippen molar-refractivity contribution in [2.75, 3.05) is 12.0 Å². The van der Waals surface area contributed by atoms with Crippen LogP contribution in [-0.4, -0.2) is 34.9 Å². The summed E-state index contributed by atoms with van der Waals surface area (Å²) >= 11 is 0. The van der Waals surface area contributed by atoms with Gasteiger partial charge in [0, 0.05) is 11.8 Å². The molecule has 8 heteroatoms. The van der Waals surface area contributed by atoms with Gasteiger partial charge in [-0.2, -0.15) is 0 Å². The van der Waals surface area contributed by atoms with Crippen molar-refractivity contribution >= 4 is 29.2 Å². The van der Waals surface area contributed by atoms with Gasteiger partial charge in [0.1, 0.15) is 17.4 Å². The molecule has 3 aromatic rings. The minimum absolute atomic E-state index is 0.168. The summed E-state index contributed by atoms with van der Waals surface area (Å²) in [5.41, 5.74) is 0.760. The Bertz CT molecular complexity index is 1220. The SMILES string of the molecule is COC(=O)c1ccc(C2/C(=C(\O)c3ccc(F)cc3)C(=O)C(=O)N2c2ccccn2)cc1. The number of amides is 1. The van der Waals surface area contributed by atoms with Crippen LogP contribution in [-0.2, 0) is 14.3 Å². The molecular formula is C24H17FN2O5. The number of anilines is 1. The summed E-state index contributed by atoms with van der Waals surface area (Å²) in [5.74, 6) is -3.04. The van der Waals surface area contributed by atoms with Gasteiger partial charge in [-0.05, 0) is 54.1 Å². The summed E-state index contributed by atoms with van der Waals surface area (Å²) in [7, 11) is 1.26. The van der Waals surface area contributed by atoms with Crippen LogP contribution in [0.1, 0.15) is 27.5 Å². The molecule has 1 aliphatic heterocycles. The van der Waals surface area contributed by atoms with Crippen LogP contribution in [0.2, 0.25) is 0 Å². The molecule has 32 heavy (non-hydrogen) atoms. The lowest BCUT2D eigenvalue weighted by Gasteiger charge is -2.24. The second-order valence-electron chi connectivity index (χ2n) is 6.98. The quantitative estimate of drug-likeness (QED) is 0.293. The minimum atomic E-state index is -1.01. The van der Waals surface area contributed by atoms with Crippen LogP contribution < -0.4 is 4.90 Å². The molecule has 1 aliphatic rings. The lowest BCUT2D eigenvalue weighted by molar-refractivity contribution is -0.132. The van der Waals surface area contributed by atoms with Gasteiger partial charge < -0.3 is 9.84 Å². The van der Waals surface area contributed by atoms with Crippen molar-refractivity contribution in [2.45, 2.75) is 6.04 Å². The highest BCUT2D eigenvalue weighted by atomic mass is 19.1. The fourth-order valence-corrected chi connectivity index (χ4v) is 3.56. The number of ketones is 1. The second-order valence-corrected chi connectivity index (χ2v) is 6.98. The number of methoxy groups -OCH3 is 1. The van der Waals surface area contributed by atoms with Crippen molar-refractivity contribution in [1.29, 1.82) is 0 Å². The number of ether oxygens (including phenoxy) is 1. The maximum Gasteiger partial charge on any atom is 0.337 e. The van der Waals surface area contributed by atoms with Crippen molar-refractivity contribution in [3.8, 4) is 0 Å². The normalized spacial score (nSPS) is 17.4. The van der Waals surface area contributed by atoms with Crippen LogP contribution in [0.5, 0.6) is 0 Å². The minimum Gasteiger partial charge on any atom is -0.507 e. The summed E-state index contributed by atoms with van der Waals surface area (Å²) in [5, 5.41) is 10.9. The summed E-state index contributed by atoms with van der Waals surface area (Å²) in [6.07, 6.45) is 1.48. The van der Waals surface area contributed by atoms with Crippen LogP contribution in [0.4, 0.5) is 10.2 Å². The molecule has 0 saturated carbocycles. The van der Waals surface area contributed by atoms with Crippen molar-refractivity contribution in [3.63, 3.8) is 0 Å². The first kappa shape index (κ1) is 20.9. The fourth-order valence-electron chi connectivity index (χ4n) is 3.56. The molecule has 2 heterocycles. The number of benzene rings is 2. The maximum absolute atomic E-state index is 13.4. The molecule has 1 amide bonds. The Labute approximate surface area is 182 Å². The zero-order valence-electron chi connectivity index (χ0n) is 16.9. The van der Waals surface area contributed by atoms with Gasteiger partial charge >= 0.3 is 11.9 Å². The smallest absolute Gasteiger partial charge is 0.337 e. The van der Waals surface area contributed by atoms with Gasteiger partial charge in [-0.1, -0.05) is 18.2 Å². The molecule has 1 fully saturated rings. The van der Waals surface area contributed by atoms with Gasteiger partial charge in [-0.3, -0.25) is 14.5 Å². The number of hydrogen-bond donors (Lipinski definition) is 1. The highest BCUT2D eigenvalue weighted by Crippen LogP contribution is 2.41. The maximum atomic E-state index is 13.4. The van der Waals surface area contributed by atoms with Gasteiger partial charge in [0.15, 0.2) is 0 Å². The third kappa shape index (κ3) is 3.62. The van der Waals surface area contributed by atoms with Gasteiger partial charge in [0.05, 0.1) is 24.3 Å². The zero-order valence-corrected chi connectivity index (χ0v) is 16.9. The average molecular weight is 432 g/mol. The molecule has 1 N–H and O–H groups in total. The number of carbonyl (C=O) groups excluding carboxylic acids is 3. The van der Waals surface area contributed by atoms with Gasteiger partial charge in [0.25, 0.3) is 5.78 Å². The zero-order chi connectivity index (χ0) is 22.8. The van der Waals surface area contributed by atoms with Crippen molar-refractivity contribution in [3.05, 3.63) is 101 Å². The predicted octanol–water partition coefficient (Wildman–Crippen LogP) is 3.63. The highest BCUT2D eigenvalue weighted by Gasteiger charge is 2.47. The molecular weight excluding hydrogens is 415 g/mol. The van der Waals surface area contributed by atoms with E-state index in [0.717, 1.165) is 12.1 Å². The van der Waals surface area contributed by atoms with E-state index in [2.05, 4.69) is 4.98 Å². The number of rotatable bonds is 4. The summed E-state index contributed by atoms with van der Waals surface area (Å²) in [6.45, 7) is 0. The van der Waals surface area contributed by atoms with E-state index in [1.165, 1.54) is 42.5 Å². The fraction of sp³-hybridized carbons (Fsp3) is 0.0833. The molecule has 7 nitrogen and oxygen atoms in total. The monoisotopic (exact) mass is 432 g/mol. The Morgan fingerprint density at radius 1 is 1.00 bits per heavy atom. The largest absolute Gasteiger partial charge is 0.507 e. The van der Waals surface area contributed by atoms with E-state index in [9.17, 15) is 23.9 Å². The summed E-state index contributed by atoms with van der Waals surface area (Å²) in [4.78, 5) is 43.1. The molecule has 0 radical (unpaired) electrons. The van der Waals surface area contributed by atoms with E-state index in [1.807, 2.05) is 0 Å². The topological polar surface area (TPSA) is 96.8 Å². The van der Waals surface area contributed by atoms with E-state index in [1.54, 1.807) is 30.3 Å². The lowest BCUT2D eigenvalue weighted by atomic mass is 9.94. The molecule has 2 aromatic carbocycles. The van der Waals surface area contributed by atoms with E-state index in [-0.39, 0.29) is 22.5 Å². The van der Waals surface area contributed by atoms with Crippen LogP contribution in [0, 0.1) is 5.82 Å². The number of aliphatic hydroxyl groups excluding tert-OH is 1. The van der Waals surface area contributed by atoms with Gasteiger partial charge in [-0.15, -0.1) is 0 Å². The Balaban J connectivity index is 1.90. The number of esters is 1. The predicted molar refractivity (Wildman–Crippen MR) is 113 cm³/mol. The van der Waals surface area contributed by atoms with Crippen LogP contribution in [0.3, 0.4) is 0 Å². The van der Waals surface area contributed by atoms with Gasteiger partial charge in [-0.25, -0.2) is 14.2 Å². The van der Waals surface area contributed by atoms with Crippen LogP contribution >= 0.6 is 0 Å². The van der Waals surface area contributed by atoms with E-state index in [0.29, 0.717) is 5.56 Å². The Morgan fingerprint density at radius 2 is 1.66 bits per heavy atom. The average Bonchev–Trinajstić information content (AvgIpc) is 3.09. The first-order valence-electron chi connectivity index (χ1n) is 9.58. The van der Waals surface area contributed by atoms with Gasteiger partial charge in [0.2, 0.25) is 0 Å². The number of aliphatic hydroxyl groups is 1. The molecule has 0 bridgehead atoms. The standard InChI is InChI=1S/C24H17FN2O5/c1-32-24(31)16-7-5-14(6-8-16)20-19(21(28)15-9-11-17(25)12-10-15)22(29)23(30)27(20)18-4-2-3-13-26-18/h2-13,20,28H,1H3/b21-19+. The molecule has 1 aromatic heterocycles. The van der Waals surface area contributed by atoms with E-state index >= 15 is 0 Å². The van der Waals surface area contributed by atoms with E-state index in [4.69, 9.17) is 4.74 Å². The molecule has 0 aliphatic carbocycles. The Hall–Kier alpha value is -4.33. The number of Topliss-reactive ketones (excluding diaryl/α,β-unsaturated/α-hetero) is 1. The Kier molecular flexibility index (Phi) is 5.51. The first-order chi connectivity index (χ1) is 15.4. The third-order valence-corrected chi connectivity index (χ3v) is 5.11. The molecule has 0 spiro atoms. The number of aromatic nitrogens is 1. The number of hydrogen-bond acceptors (Lipinski definition) is 6. The molecule has 1 atom stereocenters. The third-order valence-electron chi connectivity index (χ3n) is 5.11. The number of halogens is 1. The van der Waals surface area contributed by atoms with Crippen LogP contribution in [0.15, 0.2) is 78.5 Å². The Morgan fingerprint density at radius 3 is 2.25 bits per heavy atom. The number of carbonyl (C=O) groups is 3. The highest BCUT2D eigenvalue weighted by molar-refractivity contribution is 6.51. The van der Waals surface area contributed by atoms with Crippen molar-refractivity contribution < 1.29 is 28.6 Å².